The van der Waals surface area contributed by atoms with E-state index in [4.69, 9.17) is 16.3 Å². The predicted molar refractivity (Wildman–Crippen MR) is 118 cm³/mol. The molecule has 1 atom stereocenters. The highest BCUT2D eigenvalue weighted by Crippen LogP contribution is 2.25. The lowest BCUT2D eigenvalue weighted by atomic mass is 10.0. The minimum Gasteiger partial charge on any atom is -0.454 e. The highest BCUT2D eigenvalue weighted by atomic mass is 35.5. The van der Waals surface area contributed by atoms with Crippen molar-refractivity contribution in [2.75, 3.05) is 6.61 Å². The summed E-state index contributed by atoms with van der Waals surface area (Å²) in [6, 6.07) is 11.1. The molecule has 0 unspecified atom stereocenters. The average molecular weight is 476 g/mol. The number of hydrogen-bond donors (Lipinski definition) is 2. The van der Waals surface area contributed by atoms with Crippen molar-refractivity contribution in [1.82, 2.24) is 10.6 Å². The Morgan fingerprint density at radius 1 is 1.06 bits per heavy atom. The van der Waals surface area contributed by atoms with E-state index in [-0.39, 0.29) is 17.0 Å². The third-order valence-corrected chi connectivity index (χ3v) is 4.76. The van der Waals surface area contributed by atoms with E-state index < -0.39 is 52.9 Å². The number of nitro groups is 1. The number of esters is 1. The summed E-state index contributed by atoms with van der Waals surface area (Å²) in [7, 11) is 0. The molecule has 2 N–H and O–H groups in total. The molecule has 0 spiro atoms. The zero-order valence-electron chi connectivity index (χ0n) is 17.9. The van der Waals surface area contributed by atoms with Crippen LogP contribution in [0.1, 0.15) is 29.8 Å². The maximum atomic E-state index is 12.5. The quantitative estimate of drug-likeness (QED) is 0.322. The Morgan fingerprint density at radius 2 is 1.73 bits per heavy atom. The second-order valence-electron chi connectivity index (χ2n) is 7.36. The first-order valence-corrected chi connectivity index (χ1v) is 10.2. The molecule has 0 aliphatic rings. The summed E-state index contributed by atoms with van der Waals surface area (Å²) in [6.45, 7) is 2.56. The van der Waals surface area contributed by atoms with Crippen LogP contribution in [0.5, 0.6) is 0 Å². The van der Waals surface area contributed by atoms with Gasteiger partial charge in [0.2, 0.25) is 5.91 Å². The van der Waals surface area contributed by atoms with Gasteiger partial charge in [0, 0.05) is 11.6 Å². The van der Waals surface area contributed by atoms with Gasteiger partial charge in [-0.1, -0.05) is 55.8 Å². The number of halogens is 1. The zero-order chi connectivity index (χ0) is 24.5. The zero-order valence-corrected chi connectivity index (χ0v) is 18.6. The van der Waals surface area contributed by atoms with Crippen molar-refractivity contribution in [2.24, 2.45) is 5.92 Å². The highest BCUT2D eigenvalue weighted by molar-refractivity contribution is 6.32. The SMILES string of the molecule is CC(C)[C@H](NC(=O)c1ccc(Cl)c([N+](=O)[O-])c1)C(=O)OCC(=O)NC(=O)Cc1ccccc1. The lowest BCUT2D eigenvalue weighted by Crippen LogP contribution is -2.46. The summed E-state index contributed by atoms with van der Waals surface area (Å²) in [5, 5.41) is 15.4. The predicted octanol–water partition coefficient (Wildman–Crippen LogP) is 2.43. The minimum atomic E-state index is -1.14. The summed E-state index contributed by atoms with van der Waals surface area (Å²) >= 11 is 5.75. The standard InChI is InChI=1S/C22H22ClN3O7/c1-13(2)20(25-21(29)15-8-9-16(23)17(11-15)26(31)32)22(30)33-12-19(28)24-18(27)10-14-6-4-3-5-7-14/h3-9,11,13,20H,10,12H2,1-2H3,(H,25,29)(H,24,27,28)/t20-/m0/s1. The van der Waals surface area contributed by atoms with Crippen LogP contribution < -0.4 is 10.6 Å². The Hall–Kier alpha value is -3.79. The van der Waals surface area contributed by atoms with Crippen molar-refractivity contribution in [3.63, 3.8) is 0 Å². The molecule has 0 saturated heterocycles. The maximum absolute atomic E-state index is 12.5. The molecule has 0 aliphatic heterocycles. The first-order chi connectivity index (χ1) is 15.6. The monoisotopic (exact) mass is 475 g/mol. The first-order valence-electron chi connectivity index (χ1n) is 9.86. The number of carbonyl (C=O) groups excluding carboxylic acids is 4. The molecular weight excluding hydrogens is 454 g/mol. The van der Waals surface area contributed by atoms with E-state index in [1.165, 1.54) is 12.1 Å². The summed E-state index contributed by atoms with van der Waals surface area (Å²) in [4.78, 5) is 59.1. The van der Waals surface area contributed by atoms with Gasteiger partial charge in [-0.05, 0) is 23.6 Å². The van der Waals surface area contributed by atoms with Crippen molar-refractivity contribution in [2.45, 2.75) is 26.3 Å². The lowest BCUT2D eigenvalue weighted by molar-refractivity contribution is -0.384. The molecule has 0 saturated carbocycles. The maximum Gasteiger partial charge on any atom is 0.329 e. The molecule has 0 fully saturated rings. The minimum absolute atomic E-state index is 0.0154. The number of nitrogens with one attached hydrogen (secondary N) is 2. The summed E-state index contributed by atoms with van der Waals surface area (Å²) in [5.74, 6) is -3.45. The molecule has 0 bridgehead atoms. The largest absolute Gasteiger partial charge is 0.454 e. The smallest absolute Gasteiger partial charge is 0.329 e. The normalized spacial score (nSPS) is 11.4. The number of hydrogen-bond acceptors (Lipinski definition) is 7. The van der Waals surface area contributed by atoms with E-state index in [2.05, 4.69) is 10.6 Å². The van der Waals surface area contributed by atoms with Crippen LogP contribution in [-0.4, -0.2) is 41.3 Å². The van der Waals surface area contributed by atoms with Crippen LogP contribution in [0.25, 0.3) is 0 Å². The van der Waals surface area contributed by atoms with Crippen molar-refractivity contribution in [3.8, 4) is 0 Å². The second kappa shape index (κ2) is 11.7. The number of amides is 3. The molecule has 11 heteroatoms. The molecular formula is C22H22ClN3O7. The van der Waals surface area contributed by atoms with E-state index in [1.54, 1.807) is 44.2 Å². The Morgan fingerprint density at radius 3 is 2.33 bits per heavy atom. The first kappa shape index (κ1) is 25.5. The Bertz CT molecular complexity index is 1060. The van der Waals surface area contributed by atoms with Gasteiger partial charge in [0.25, 0.3) is 17.5 Å². The fourth-order valence-corrected chi connectivity index (χ4v) is 2.95. The van der Waals surface area contributed by atoms with Crippen molar-refractivity contribution in [1.29, 1.82) is 0 Å². The third kappa shape index (κ3) is 7.69. The number of nitro benzene ring substituents is 1. The Labute approximate surface area is 194 Å². The van der Waals surface area contributed by atoms with Gasteiger partial charge in [0.1, 0.15) is 11.1 Å². The lowest BCUT2D eigenvalue weighted by Gasteiger charge is -2.20. The number of carbonyl (C=O) groups is 4. The van der Waals surface area contributed by atoms with Gasteiger partial charge < -0.3 is 10.1 Å². The van der Waals surface area contributed by atoms with E-state index in [0.29, 0.717) is 5.56 Å². The van der Waals surface area contributed by atoms with Gasteiger partial charge in [0.05, 0.1) is 11.3 Å². The van der Waals surface area contributed by atoms with Gasteiger partial charge in [-0.2, -0.15) is 0 Å². The second-order valence-corrected chi connectivity index (χ2v) is 7.77. The molecule has 3 amide bonds. The van der Waals surface area contributed by atoms with Gasteiger partial charge in [-0.3, -0.25) is 29.8 Å². The summed E-state index contributed by atoms with van der Waals surface area (Å²) < 4.78 is 4.95. The van der Waals surface area contributed by atoms with Crippen molar-refractivity contribution < 1.29 is 28.8 Å². The topological polar surface area (TPSA) is 145 Å². The van der Waals surface area contributed by atoms with Crippen LogP contribution >= 0.6 is 11.6 Å². The Kier molecular flexibility index (Phi) is 9.05. The van der Waals surface area contributed by atoms with Gasteiger partial charge in [-0.15, -0.1) is 0 Å². The van der Waals surface area contributed by atoms with E-state index in [1.807, 2.05) is 0 Å². The molecule has 0 heterocycles. The van der Waals surface area contributed by atoms with Crippen molar-refractivity contribution in [3.05, 3.63) is 74.8 Å². The number of benzene rings is 2. The number of nitrogens with zero attached hydrogens (tertiary/aromatic N) is 1. The van der Waals surface area contributed by atoms with Gasteiger partial charge in [0.15, 0.2) is 6.61 Å². The van der Waals surface area contributed by atoms with E-state index in [9.17, 15) is 29.3 Å². The molecule has 2 rings (SSSR count). The molecule has 2 aromatic rings. The fourth-order valence-electron chi connectivity index (χ4n) is 2.76. The molecule has 0 radical (unpaired) electrons. The highest BCUT2D eigenvalue weighted by Gasteiger charge is 2.28. The number of rotatable bonds is 9. The number of imide groups is 1. The molecule has 2 aromatic carbocycles. The fraction of sp³-hybridized carbons (Fsp3) is 0.273. The summed E-state index contributed by atoms with van der Waals surface area (Å²) in [6.07, 6.45) is -0.0154. The Balaban J connectivity index is 1.93. The average Bonchev–Trinajstić information content (AvgIpc) is 2.76. The summed E-state index contributed by atoms with van der Waals surface area (Å²) in [5.41, 5.74) is 0.184. The molecule has 0 aromatic heterocycles. The third-order valence-electron chi connectivity index (χ3n) is 4.44. The van der Waals surface area contributed by atoms with Gasteiger partial charge in [-0.25, -0.2) is 4.79 Å². The van der Waals surface area contributed by atoms with Crippen LogP contribution in [0, 0.1) is 16.0 Å². The molecule has 0 aliphatic carbocycles. The van der Waals surface area contributed by atoms with Crippen LogP contribution in [0.15, 0.2) is 48.5 Å². The van der Waals surface area contributed by atoms with Crippen molar-refractivity contribution >= 4 is 41.0 Å². The molecule has 10 nitrogen and oxygen atoms in total. The van der Waals surface area contributed by atoms with Crippen LogP contribution in [-0.2, 0) is 25.5 Å². The van der Waals surface area contributed by atoms with E-state index in [0.717, 1.165) is 6.07 Å². The van der Waals surface area contributed by atoms with E-state index >= 15 is 0 Å². The van der Waals surface area contributed by atoms with Crippen LogP contribution in [0.4, 0.5) is 5.69 Å². The van der Waals surface area contributed by atoms with Crippen LogP contribution in [0.3, 0.4) is 0 Å². The molecule has 33 heavy (non-hydrogen) atoms. The van der Waals surface area contributed by atoms with Gasteiger partial charge >= 0.3 is 5.97 Å². The molecule has 174 valence electrons. The van der Waals surface area contributed by atoms with Crippen LogP contribution in [0.2, 0.25) is 5.02 Å². The number of ether oxygens (including phenoxy) is 1.